The average Bonchev–Trinajstić information content (AvgIpc) is 2.67. The maximum absolute atomic E-state index is 12.2. The molecule has 4 heteroatoms. The molecule has 3 nitrogen and oxygen atoms in total. The first-order valence-corrected chi connectivity index (χ1v) is 9.99. The monoisotopic (exact) mass is 382 g/mol. The topological polar surface area (TPSA) is 32.3 Å². The maximum atomic E-state index is 12.2. The van der Waals surface area contributed by atoms with Crippen LogP contribution in [-0.4, -0.2) is 19.0 Å². The lowest BCUT2D eigenvalue weighted by Crippen LogP contribution is -2.34. The normalized spacial score (nSPS) is 18.5. The number of nitrogens with zero attached hydrogens (tertiary/aromatic N) is 1. The van der Waals surface area contributed by atoms with Gasteiger partial charge in [0.1, 0.15) is 0 Å². The van der Waals surface area contributed by atoms with Gasteiger partial charge in [0.15, 0.2) is 0 Å². The van der Waals surface area contributed by atoms with E-state index in [1.165, 1.54) is 24.6 Å². The van der Waals surface area contributed by atoms with Gasteiger partial charge >= 0.3 is 0 Å². The lowest BCUT2D eigenvalue weighted by molar-refractivity contribution is -0.117. The van der Waals surface area contributed by atoms with Crippen molar-refractivity contribution in [1.82, 2.24) is 5.32 Å². The van der Waals surface area contributed by atoms with Gasteiger partial charge in [0.25, 0.3) is 0 Å². The first-order chi connectivity index (χ1) is 13.0. The Balaban J connectivity index is 1.58. The predicted octanol–water partition coefficient (Wildman–Crippen LogP) is 5.47. The van der Waals surface area contributed by atoms with Crippen molar-refractivity contribution in [3.05, 3.63) is 70.8 Å². The Kier molecular flexibility index (Phi) is 6.57. The quantitative estimate of drug-likeness (QED) is 0.695. The second-order valence-corrected chi connectivity index (χ2v) is 7.78. The highest BCUT2D eigenvalue weighted by molar-refractivity contribution is 6.32. The second kappa shape index (κ2) is 9.09. The molecule has 1 N–H and O–H groups in total. The number of amides is 1. The minimum Gasteiger partial charge on any atom is -0.371 e. The summed E-state index contributed by atoms with van der Waals surface area (Å²) >= 11 is 6.11. The van der Waals surface area contributed by atoms with E-state index in [1.807, 2.05) is 31.2 Å². The molecule has 1 fully saturated rings. The summed E-state index contributed by atoms with van der Waals surface area (Å²) < 4.78 is 0. The van der Waals surface area contributed by atoms with Gasteiger partial charge in [-0.2, -0.15) is 0 Å². The van der Waals surface area contributed by atoms with Gasteiger partial charge in [-0.05, 0) is 61.1 Å². The molecule has 0 aliphatic carbocycles. The first-order valence-electron chi connectivity index (χ1n) is 9.61. The minimum absolute atomic E-state index is 0.0530. The molecule has 27 heavy (non-hydrogen) atoms. The molecule has 142 valence electrons. The van der Waals surface area contributed by atoms with Crippen LogP contribution >= 0.6 is 11.6 Å². The van der Waals surface area contributed by atoms with Gasteiger partial charge in [-0.15, -0.1) is 0 Å². The third-order valence-corrected chi connectivity index (χ3v) is 5.44. The number of rotatable bonds is 5. The van der Waals surface area contributed by atoms with E-state index in [4.69, 9.17) is 11.6 Å². The number of hydrogen-bond acceptors (Lipinski definition) is 2. The molecule has 0 bridgehead atoms. The largest absolute Gasteiger partial charge is 0.371 e. The summed E-state index contributed by atoms with van der Waals surface area (Å²) in [6.45, 7) is 6.56. The Morgan fingerprint density at radius 3 is 2.67 bits per heavy atom. The molecule has 0 radical (unpaired) electrons. The number of piperidine rings is 1. The van der Waals surface area contributed by atoms with E-state index in [2.05, 4.69) is 41.4 Å². The van der Waals surface area contributed by atoms with E-state index < -0.39 is 0 Å². The van der Waals surface area contributed by atoms with Crippen LogP contribution in [0, 0.1) is 5.92 Å². The summed E-state index contributed by atoms with van der Waals surface area (Å²) in [4.78, 5) is 14.7. The van der Waals surface area contributed by atoms with Gasteiger partial charge in [-0.25, -0.2) is 0 Å². The highest BCUT2D eigenvalue weighted by Crippen LogP contribution is 2.24. The molecular weight excluding hydrogens is 356 g/mol. The van der Waals surface area contributed by atoms with E-state index in [1.54, 1.807) is 6.08 Å². The molecule has 1 aliphatic heterocycles. The fourth-order valence-corrected chi connectivity index (χ4v) is 3.72. The number of benzene rings is 2. The number of carbonyl (C=O) groups excluding carboxylic acids is 1. The van der Waals surface area contributed by atoms with Crippen molar-refractivity contribution in [1.29, 1.82) is 0 Å². The zero-order valence-electron chi connectivity index (χ0n) is 16.0. The minimum atomic E-state index is -0.128. The zero-order valence-corrected chi connectivity index (χ0v) is 16.7. The van der Waals surface area contributed by atoms with Crippen LogP contribution in [0.3, 0.4) is 0 Å². The Morgan fingerprint density at radius 1 is 1.22 bits per heavy atom. The third-order valence-electron chi connectivity index (χ3n) is 5.09. The predicted molar refractivity (Wildman–Crippen MR) is 114 cm³/mol. The summed E-state index contributed by atoms with van der Waals surface area (Å²) in [7, 11) is 0. The highest BCUT2D eigenvalue weighted by atomic mass is 35.5. The molecule has 1 aliphatic rings. The van der Waals surface area contributed by atoms with Crippen LogP contribution < -0.4 is 10.2 Å². The number of nitrogens with one attached hydrogen (secondary N) is 1. The van der Waals surface area contributed by atoms with Crippen LogP contribution in [0.4, 0.5) is 5.69 Å². The molecule has 1 heterocycles. The Hall–Kier alpha value is -2.26. The van der Waals surface area contributed by atoms with Crippen molar-refractivity contribution in [3.63, 3.8) is 0 Å². The van der Waals surface area contributed by atoms with Crippen molar-refractivity contribution in [2.24, 2.45) is 5.92 Å². The van der Waals surface area contributed by atoms with Crippen molar-refractivity contribution in [3.8, 4) is 0 Å². The van der Waals surface area contributed by atoms with Crippen molar-refractivity contribution in [2.75, 3.05) is 18.0 Å². The van der Waals surface area contributed by atoms with Crippen molar-refractivity contribution >= 4 is 29.3 Å². The van der Waals surface area contributed by atoms with Crippen LogP contribution in [0.5, 0.6) is 0 Å². The van der Waals surface area contributed by atoms with Gasteiger partial charge in [-0.1, -0.05) is 48.9 Å². The van der Waals surface area contributed by atoms with E-state index in [-0.39, 0.29) is 11.9 Å². The summed E-state index contributed by atoms with van der Waals surface area (Å²) in [5, 5.41) is 3.65. The molecule has 0 saturated carbocycles. The molecule has 2 unspecified atom stereocenters. The fraction of sp³-hybridized carbons (Fsp3) is 0.348. The lowest BCUT2D eigenvalue weighted by Gasteiger charge is -2.33. The summed E-state index contributed by atoms with van der Waals surface area (Å²) in [5.41, 5.74) is 3.20. The summed E-state index contributed by atoms with van der Waals surface area (Å²) in [6.07, 6.45) is 5.85. The molecule has 0 spiro atoms. The standard InChI is InChI=1S/C23H27ClN2O/c1-17-6-5-15-26(16-17)21-12-9-19(10-13-21)18(2)25-23(27)14-11-20-7-3-4-8-22(20)24/h3-4,7-14,17-18H,5-6,15-16H2,1-2H3,(H,25,27)/b14-11+. The fourth-order valence-electron chi connectivity index (χ4n) is 3.52. The highest BCUT2D eigenvalue weighted by Gasteiger charge is 2.17. The molecule has 1 amide bonds. The van der Waals surface area contributed by atoms with Crippen LogP contribution in [0.1, 0.15) is 43.9 Å². The molecular formula is C23H27ClN2O. The number of anilines is 1. The van der Waals surface area contributed by atoms with Crippen molar-refractivity contribution < 1.29 is 4.79 Å². The number of halogens is 1. The molecule has 1 saturated heterocycles. The smallest absolute Gasteiger partial charge is 0.244 e. The Bertz CT molecular complexity index is 800. The number of hydrogen-bond donors (Lipinski definition) is 1. The van der Waals surface area contributed by atoms with E-state index in [0.29, 0.717) is 5.02 Å². The van der Waals surface area contributed by atoms with E-state index in [9.17, 15) is 4.79 Å². The van der Waals surface area contributed by atoms with Gasteiger partial charge < -0.3 is 10.2 Å². The van der Waals surface area contributed by atoms with Gasteiger partial charge in [0.2, 0.25) is 5.91 Å². The van der Waals surface area contributed by atoms with Gasteiger partial charge in [-0.3, -0.25) is 4.79 Å². The molecule has 2 aromatic carbocycles. The number of carbonyl (C=O) groups is 1. The van der Waals surface area contributed by atoms with Crippen LogP contribution in [0.25, 0.3) is 6.08 Å². The van der Waals surface area contributed by atoms with E-state index >= 15 is 0 Å². The average molecular weight is 383 g/mol. The van der Waals surface area contributed by atoms with Crippen LogP contribution in [0.15, 0.2) is 54.6 Å². The van der Waals surface area contributed by atoms with Crippen LogP contribution in [-0.2, 0) is 4.79 Å². The van der Waals surface area contributed by atoms with Crippen LogP contribution in [0.2, 0.25) is 5.02 Å². The third kappa shape index (κ3) is 5.36. The maximum Gasteiger partial charge on any atom is 0.244 e. The molecule has 2 atom stereocenters. The zero-order chi connectivity index (χ0) is 19.2. The van der Waals surface area contributed by atoms with Crippen molar-refractivity contribution in [2.45, 2.75) is 32.7 Å². The lowest BCUT2D eigenvalue weighted by atomic mass is 9.99. The summed E-state index contributed by atoms with van der Waals surface area (Å²) in [6, 6.07) is 16.0. The summed E-state index contributed by atoms with van der Waals surface area (Å²) in [5.74, 6) is 0.623. The van der Waals surface area contributed by atoms with Gasteiger partial charge in [0.05, 0.1) is 6.04 Å². The second-order valence-electron chi connectivity index (χ2n) is 7.37. The molecule has 3 rings (SSSR count). The Morgan fingerprint density at radius 2 is 1.96 bits per heavy atom. The molecule has 2 aromatic rings. The van der Waals surface area contributed by atoms with E-state index in [0.717, 1.165) is 30.1 Å². The van der Waals surface area contributed by atoms with Gasteiger partial charge in [0, 0.05) is 29.9 Å². The Labute approximate surface area is 167 Å². The first kappa shape index (κ1) is 19.5. The molecule has 0 aromatic heterocycles. The SMILES string of the molecule is CC1CCCN(c2ccc(C(C)NC(=O)/C=C/c3ccccc3Cl)cc2)C1.